The van der Waals surface area contributed by atoms with Gasteiger partial charge in [-0.3, -0.25) is 0 Å². The number of rotatable bonds is 5. The summed E-state index contributed by atoms with van der Waals surface area (Å²) < 4.78 is 4.71. The molecule has 9 aromatic carbocycles. The first kappa shape index (κ1) is 35.0. The van der Waals surface area contributed by atoms with Gasteiger partial charge >= 0.3 is 0 Å². The van der Waals surface area contributed by atoms with Crippen LogP contribution in [-0.2, 0) is 0 Å². The molecule has 0 unspecified atom stereocenters. The molecule has 0 saturated carbocycles. The molecule has 58 heavy (non-hydrogen) atoms. The van der Waals surface area contributed by atoms with E-state index in [4.69, 9.17) is 0 Å². The molecule has 2 heterocycles. The quantitative estimate of drug-likeness (QED) is 0.166. The zero-order valence-corrected chi connectivity index (χ0v) is 32.7. The highest BCUT2D eigenvalue weighted by Crippen LogP contribution is 2.34. The van der Waals surface area contributed by atoms with Crippen molar-refractivity contribution in [1.29, 1.82) is 0 Å². The first-order chi connectivity index (χ1) is 28.6. The Hall–Kier alpha value is -7.42. The van der Waals surface area contributed by atoms with Gasteiger partial charge < -0.3 is 9.13 Å². The van der Waals surface area contributed by atoms with Crippen molar-refractivity contribution in [2.75, 3.05) is 0 Å². The van der Waals surface area contributed by atoms with Gasteiger partial charge in [0.15, 0.2) is 0 Å². The Balaban J connectivity index is 0.000000144. The Morgan fingerprint density at radius 3 is 0.690 bits per heavy atom. The van der Waals surface area contributed by atoms with Crippen molar-refractivity contribution >= 4 is 43.6 Å². The minimum Gasteiger partial charge on any atom is -0.309 e. The number of hydrogen-bond donors (Lipinski definition) is 0. The average molecular weight is 743 g/mol. The summed E-state index contributed by atoms with van der Waals surface area (Å²) in [5, 5.41) is 5.18. The fourth-order valence-corrected chi connectivity index (χ4v) is 8.35. The van der Waals surface area contributed by atoms with E-state index in [0.29, 0.717) is 0 Å². The minimum absolute atomic E-state index is 1.18. The van der Waals surface area contributed by atoms with Crippen LogP contribution in [0.15, 0.2) is 218 Å². The lowest BCUT2D eigenvalue weighted by molar-refractivity contribution is 1.18. The van der Waals surface area contributed by atoms with E-state index in [0.717, 1.165) is 0 Å². The maximum absolute atomic E-state index is 2.36. The molecule has 2 nitrogen and oxygen atoms in total. The molecule has 0 aliphatic heterocycles. The number of aryl methyl sites for hydroxylation is 2. The molecule has 0 spiro atoms. The maximum Gasteiger partial charge on any atom is 0.0541 e. The molecule has 0 saturated heterocycles. The Labute approximate surface area is 339 Å². The lowest BCUT2D eigenvalue weighted by Crippen LogP contribution is -1.93. The normalized spacial score (nSPS) is 11.3. The second-order valence-electron chi connectivity index (χ2n) is 15.1. The molecule has 0 fully saturated rings. The van der Waals surface area contributed by atoms with E-state index < -0.39 is 0 Å². The van der Waals surface area contributed by atoms with Gasteiger partial charge in [0.2, 0.25) is 0 Å². The van der Waals surface area contributed by atoms with Gasteiger partial charge in [-0.1, -0.05) is 181 Å². The molecular weight excluding hydrogens is 701 g/mol. The lowest BCUT2D eigenvalue weighted by atomic mass is 9.99. The van der Waals surface area contributed by atoms with Gasteiger partial charge in [0, 0.05) is 32.9 Å². The Morgan fingerprint density at radius 2 is 0.431 bits per heavy atom. The van der Waals surface area contributed by atoms with E-state index in [1.165, 1.54) is 99.5 Å². The van der Waals surface area contributed by atoms with E-state index in [9.17, 15) is 0 Å². The van der Waals surface area contributed by atoms with Crippen LogP contribution in [0.25, 0.3) is 88.4 Å². The van der Waals surface area contributed by atoms with Crippen molar-refractivity contribution < 1.29 is 0 Å². The molecule has 276 valence electrons. The SMILES string of the molecule is Cc1ccc(-c2ccc(-c3ccc(-n4c5ccccc5c5ccccc54)cc3)cc2)cc1.Cc1ccc(-c2ccc(-n3c4ccccc4c4ccccc43)cc2)cc1. The number of para-hydroxylation sites is 4. The molecule has 0 amide bonds. The van der Waals surface area contributed by atoms with Gasteiger partial charge in [-0.15, -0.1) is 0 Å². The zero-order valence-electron chi connectivity index (χ0n) is 32.7. The van der Waals surface area contributed by atoms with Crippen molar-refractivity contribution in [3.63, 3.8) is 0 Å². The highest BCUT2D eigenvalue weighted by atomic mass is 15.0. The van der Waals surface area contributed by atoms with Crippen molar-refractivity contribution in [3.8, 4) is 44.8 Å². The monoisotopic (exact) mass is 742 g/mol. The van der Waals surface area contributed by atoms with Gasteiger partial charge in [0.25, 0.3) is 0 Å². The maximum atomic E-state index is 2.36. The number of nitrogens with zero attached hydrogens (tertiary/aromatic N) is 2. The van der Waals surface area contributed by atoms with Crippen molar-refractivity contribution in [2.45, 2.75) is 13.8 Å². The van der Waals surface area contributed by atoms with Crippen molar-refractivity contribution in [2.24, 2.45) is 0 Å². The minimum atomic E-state index is 1.18. The summed E-state index contributed by atoms with van der Waals surface area (Å²) in [5.74, 6) is 0. The van der Waals surface area contributed by atoms with E-state index in [1.54, 1.807) is 0 Å². The molecule has 2 heteroatoms. The number of aromatic nitrogens is 2. The number of hydrogen-bond acceptors (Lipinski definition) is 0. The zero-order chi connectivity index (χ0) is 39.0. The third-order valence-electron chi connectivity index (χ3n) is 11.4. The lowest BCUT2D eigenvalue weighted by Gasteiger charge is -2.10. The van der Waals surface area contributed by atoms with E-state index in [2.05, 4.69) is 241 Å². The van der Waals surface area contributed by atoms with Crippen LogP contribution < -0.4 is 0 Å². The molecule has 0 atom stereocenters. The largest absolute Gasteiger partial charge is 0.309 e. The van der Waals surface area contributed by atoms with Gasteiger partial charge in [-0.2, -0.15) is 0 Å². The first-order valence-corrected chi connectivity index (χ1v) is 20.0. The molecule has 2 aromatic heterocycles. The summed E-state index contributed by atoms with van der Waals surface area (Å²) in [6, 6.07) is 78.5. The summed E-state index contributed by atoms with van der Waals surface area (Å²) in [6.45, 7) is 4.24. The summed E-state index contributed by atoms with van der Waals surface area (Å²) in [7, 11) is 0. The van der Waals surface area contributed by atoms with Crippen LogP contribution in [0.2, 0.25) is 0 Å². The predicted octanol–water partition coefficient (Wildman–Crippen LogP) is 15.2. The van der Waals surface area contributed by atoms with Crippen molar-refractivity contribution in [1.82, 2.24) is 9.13 Å². The molecule has 0 bridgehead atoms. The first-order valence-electron chi connectivity index (χ1n) is 20.0. The predicted molar refractivity (Wildman–Crippen MR) is 247 cm³/mol. The standard InChI is InChI=1S/C31H23N.C25H19N/c1-22-10-12-23(13-11-22)24-14-16-25(17-15-24)26-18-20-27(21-19-26)32-30-8-4-2-6-28(30)29-7-3-5-9-31(29)32;1-18-10-12-19(13-11-18)20-14-16-21(17-15-20)26-24-8-4-2-6-22(24)23-7-3-5-9-25(23)26/h2-21H,1H3;2-17H,1H3. The molecule has 0 N–H and O–H groups in total. The third-order valence-corrected chi connectivity index (χ3v) is 11.4. The molecule has 11 aromatic rings. The fourth-order valence-electron chi connectivity index (χ4n) is 8.35. The summed E-state index contributed by atoms with van der Waals surface area (Å²) >= 11 is 0. The van der Waals surface area contributed by atoms with Crippen LogP contribution in [0.4, 0.5) is 0 Å². The van der Waals surface area contributed by atoms with Crippen LogP contribution in [-0.4, -0.2) is 9.13 Å². The van der Waals surface area contributed by atoms with Crippen LogP contribution in [0.5, 0.6) is 0 Å². The van der Waals surface area contributed by atoms with Crippen molar-refractivity contribution in [3.05, 3.63) is 230 Å². The Kier molecular flexibility index (Phi) is 9.01. The smallest absolute Gasteiger partial charge is 0.0541 e. The van der Waals surface area contributed by atoms with Gasteiger partial charge in [-0.25, -0.2) is 0 Å². The Bertz CT molecular complexity index is 3070. The van der Waals surface area contributed by atoms with Crippen LogP contribution in [0, 0.1) is 13.8 Å². The number of benzene rings is 9. The average Bonchev–Trinajstić information content (AvgIpc) is 3.81. The molecule has 0 radical (unpaired) electrons. The molecule has 11 rings (SSSR count). The number of fused-ring (bicyclic) bond motifs is 6. The van der Waals surface area contributed by atoms with E-state index >= 15 is 0 Å². The topological polar surface area (TPSA) is 9.86 Å². The van der Waals surface area contributed by atoms with E-state index in [1.807, 2.05) is 0 Å². The summed E-state index contributed by atoms with van der Waals surface area (Å²) in [6.07, 6.45) is 0. The second kappa shape index (κ2) is 14.9. The van der Waals surface area contributed by atoms with E-state index in [-0.39, 0.29) is 0 Å². The van der Waals surface area contributed by atoms with Gasteiger partial charge in [0.05, 0.1) is 22.1 Å². The third kappa shape index (κ3) is 6.45. The van der Waals surface area contributed by atoms with Crippen LogP contribution in [0.1, 0.15) is 11.1 Å². The second-order valence-corrected chi connectivity index (χ2v) is 15.1. The molecule has 0 aliphatic rings. The van der Waals surface area contributed by atoms with Gasteiger partial charge in [-0.05, 0) is 95.8 Å². The highest BCUT2D eigenvalue weighted by molar-refractivity contribution is 6.10. The van der Waals surface area contributed by atoms with Crippen LogP contribution >= 0.6 is 0 Å². The summed E-state index contributed by atoms with van der Waals surface area (Å²) in [4.78, 5) is 0. The molecular formula is C56H42N2. The molecule has 0 aliphatic carbocycles. The Morgan fingerprint density at radius 1 is 0.224 bits per heavy atom. The van der Waals surface area contributed by atoms with Gasteiger partial charge in [0.1, 0.15) is 0 Å². The fraction of sp³-hybridized carbons (Fsp3) is 0.0357. The summed E-state index contributed by atoms with van der Waals surface area (Å²) in [5.41, 5.74) is 17.4. The highest BCUT2D eigenvalue weighted by Gasteiger charge is 2.13. The van der Waals surface area contributed by atoms with Crippen LogP contribution in [0.3, 0.4) is 0 Å².